The molecule has 2 aromatic rings. The topological polar surface area (TPSA) is 74.5 Å². The molecule has 124 valence electrons. The standard InChI is InChI=1S/C16H19FN2O4/c1-10(14-18-15(19-23-14)16(2,3)4)22-13(20)9-21-12-8-6-5-7-11(12)17/h5-8,10H,9H2,1-4H3. The van der Waals surface area contributed by atoms with E-state index in [1.807, 2.05) is 20.8 Å². The average molecular weight is 322 g/mol. The molecular formula is C16H19FN2O4. The van der Waals surface area contributed by atoms with Gasteiger partial charge < -0.3 is 14.0 Å². The SMILES string of the molecule is CC(OC(=O)COc1ccccc1F)c1nc(C(C)(C)C)no1. The summed E-state index contributed by atoms with van der Waals surface area (Å²) in [6, 6.07) is 5.82. The second kappa shape index (κ2) is 6.76. The molecule has 0 saturated heterocycles. The molecule has 0 N–H and O–H groups in total. The van der Waals surface area contributed by atoms with Gasteiger partial charge in [-0.3, -0.25) is 0 Å². The van der Waals surface area contributed by atoms with Crippen LogP contribution in [0.4, 0.5) is 4.39 Å². The summed E-state index contributed by atoms with van der Waals surface area (Å²) in [5.74, 6) is -0.478. The maximum Gasteiger partial charge on any atom is 0.344 e. The Morgan fingerprint density at radius 2 is 2.04 bits per heavy atom. The molecule has 0 amide bonds. The Morgan fingerprint density at radius 1 is 1.35 bits per heavy atom. The van der Waals surface area contributed by atoms with E-state index in [0.717, 1.165) is 0 Å². The Kier molecular flexibility index (Phi) is 4.98. The molecular weight excluding hydrogens is 303 g/mol. The van der Waals surface area contributed by atoms with Gasteiger partial charge in [-0.1, -0.05) is 38.1 Å². The van der Waals surface area contributed by atoms with Gasteiger partial charge in [0, 0.05) is 5.41 Å². The molecule has 23 heavy (non-hydrogen) atoms. The van der Waals surface area contributed by atoms with E-state index < -0.39 is 24.5 Å². The molecule has 0 radical (unpaired) electrons. The van der Waals surface area contributed by atoms with Crippen LogP contribution in [0.5, 0.6) is 5.75 Å². The Bertz CT molecular complexity index is 679. The molecule has 6 nitrogen and oxygen atoms in total. The zero-order valence-corrected chi connectivity index (χ0v) is 13.5. The minimum Gasteiger partial charge on any atom is -0.479 e. The van der Waals surface area contributed by atoms with Gasteiger partial charge in [0.2, 0.25) is 0 Å². The van der Waals surface area contributed by atoms with Crippen LogP contribution in [-0.2, 0) is 14.9 Å². The van der Waals surface area contributed by atoms with Crippen LogP contribution in [0, 0.1) is 5.82 Å². The molecule has 0 saturated carbocycles. The first kappa shape index (κ1) is 16.9. The number of carbonyl (C=O) groups excluding carboxylic acids is 1. The molecule has 7 heteroatoms. The van der Waals surface area contributed by atoms with Crippen molar-refractivity contribution in [1.82, 2.24) is 10.1 Å². The fourth-order valence-electron chi connectivity index (χ4n) is 1.69. The molecule has 0 fully saturated rings. The largest absolute Gasteiger partial charge is 0.479 e. The van der Waals surface area contributed by atoms with E-state index in [0.29, 0.717) is 5.82 Å². The molecule has 0 aliphatic carbocycles. The third-order valence-corrected chi connectivity index (χ3v) is 2.95. The van der Waals surface area contributed by atoms with Crippen LogP contribution >= 0.6 is 0 Å². The molecule has 0 spiro atoms. The Balaban J connectivity index is 1.90. The first-order chi connectivity index (χ1) is 10.8. The number of ether oxygens (including phenoxy) is 2. The van der Waals surface area contributed by atoms with Crippen molar-refractivity contribution in [1.29, 1.82) is 0 Å². The average Bonchev–Trinajstić information content (AvgIpc) is 2.96. The van der Waals surface area contributed by atoms with Crippen LogP contribution in [0.25, 0.3) is 0 Å². The first-order valence-electron chi connectivity index (χ1n) is 7.18. The number of benzene rings is 1. The lowest BCUT2D eigenvalue weighted by atomic mass is 9.96. The second-order valence-electron chi connectivity index (χ2n) is 6.06. The van der Waals surface area contributed by atoms with E-state index >= 15 is 0 Å². The van der Waals surface area contributed by atoms with Crippen molar-refractivity contribution < 1.29 is 23.2 Å². The normalized spacial score (nSPS) is 12.7. The Morgan fingerprint density at radius 3 is 2.65 bits per heavy atom. The van der Waals surface area contributed by atoms with Gasteiger partial charge in [0.05, 0.1) is 0 Å². The lowest BCUT2D eigenvalue weighted by Crippen LogP contribution is -2.18. The fraction of sp³-hybridized carbons (Fsp3) is 0.438. The lowest BCUT2D eigenvalue weighted by molar-refractivity contribution is -0.152. The molecule has 0 aliphatic rings. The van der Waals surface area contributed by atoms with E-state index in [4.69, 9.17) is 14.0 Å². The van der Waals surface area contributed by atoms with Crippen molar-refractivity contribution in [3.05, 3.63) is 41.8 Å². The van der Waals surface area contributed by atoms with Crippen molar-refractivity contribution in [3.8, 4) is 5.75 Å². The Hall–Kier alpha value is -2.44. The van der Waals surface area contributed by atoms with Crippen molar-refractivity contribution in [3.63, 3.8) is 0 Å². The Labute approximate surface area is 133 Å². The van der Waals surface area contributed by atoms with Crippen molar-refractivity contribution in [2.24, 2.45) is 0 Å². The third kappa shape index (κ3) is 4.51. The van der Waals surface area contributed by atoms with Crippen LogP contribution in [0.15, 0.2) is 28.8 Å². The number of aromatic nitrogens is 2. The van der Waals surface area contributed by atoms with Crippen molar-refractivity contribution in [2.45, 2.75) is 39.2 Å². The molecule has 1 aromatic heterocycles. The van der Waals surface area contributed by atoms with Gasteiger partial charge in [-0.25, -0.2) is 9.18 Å². The van der Waals surface area contributed by atoms with E-state index in [-0.39, 0.29) is 17.1 Å². The van der Waals surface area contributed by atoms with Crippen LogP contribution in [0.1, 0.15) is 45.5 Å². The van der Waals surface area contributed by atoms with Crippen LogP contribution in [0.2, 0.25) is 0 Å². The smallest absolute Gasteiger partial charge is 0.344 e. The van der Waals surface area contributed by atoms with Gasteiger partial charge >= 0.3 is 5.97 Å². The molecule has 0 bridgehead atoms. The van der Waals surface area contributed by atoms with Gasteiger partial charge in [0.25, 0.3) is 5.89 Å². The summed E-state index contributed by atoms with van der Waals surface area (Å²) >= 11 is 0. The van der Waals surface area contributed by atoms with Gasteiger partial charge in [-0.2, -0.15) is 4.98 Å². The molecule has 0 aliphatic heterocycles. The highest BCUT2D eigenvalue weighted by atomic mass is 19.1. The van der Waals surface area contributed by atoms with Crippen molar-refractivity contribution >= 4 is 5.97 Å². The van der Waals surface area contributed by atoms with E-state index in [2.05, 4.69) is 10.1 Å². The van der Waals surface area contributed by atoms with Gasteiger partial charge in [0.1, 0.15) is 0 Å². The molecule has 1 unspecified atom stereocenters. The van der Waals surface area contributed by atoms with E-state index in [9.17, 15) is 9.18 Å². The number of carbonyl (C=O) groups is 1. The maximum absolute atomic E-state index is 13.4. The summed E-state index contributed by atoms with van der Waals surface area (Å²) < 4.78 is 28.7. The zero-order valence-electron chi connectivity index (χ0n) is 13.5. The predicted molar refractivity (Wildman–Crippen MR) is 79.4 cm³/mol. The molecule has 2 rings (SSSR count). The quantitative estimate of drug-likeness (QED) is 0.787. The van der Waals surface area contributed by atoms with Gasteiger partial charge in [-0.05, 0) is 19.1 Å². The highest BCUT2D eigenvalue weighted by Crippen LogP contribution is 2.22. The second-order valence-corrected chi connectivity index (χ2v) is 6.06. The van der Waals surface area contributed by atoms with Crippen LogP contribution in [0.3, 0.4) is 0 Å². The highest BCUT2D eigenvalue weighted by molar-refractivity contribution is 5.71. The highest BCUT2D eigenvalue weighted by Gasteiger charge is 2.24. The fourth-order valence-corrected chi connectivity index (χ4v) is 1.69. The maximum atomic E-state index is 13.4. The van der Waals surface area contributed by atoms with Gasteiger partial charge in [-0.15, -0.1) is 0 Å². The third-order valence-electron chi connectivity index (χ3n) is 2.95. The summed E-state index contributed by atoms with van der Waals surface area (Å²) in [5.41, 5.74) is -0.264. The van der Waals surface area contributed by atoms with Crippen LogP contribution in [-0.4, -0.2) is 22.7 Å². The zero-order chi connectivity index (χ0) is 17.0. The number of nitrogens with zero attached hydrogens (tertiary/aromatic N) is 2. The summed E-state index contributed by atoms with van der Waals surface area (Å²) in [6.07, 6.45) is -0.713. The molecule has 1 heterocycles. The number of para-hydroxylation sites is 1. The van der Waals surface area contributed by atoms with E-state index in [1.165, 1.54) is 18.2 Å². The molecule has 1 aromatic carbocycles. The predicted octanol–water partition coefficient (Wildman–Crippen LogP) is 3.19. The summed E-state index contributed by atoms with van der Waals surface area (Å²) in [4.78, 5) is 16.0. The summed E-state index contributed by atoms with van der Waals surface area (Å²) in [7, 11) is 0. The number of halogens is 1. The van der Waals surface area contributed by atoms with Crippen molar-refractivity contribution in [2.75, 3.05) is 6.61 Å². The minimum atomic E-state index is -0.713. The lowest BCUT2D eigenvalue weighted by Gasteiger charge is -2.12. The number of rotatable bonds is 5. The summed E-state index contributed by atoms with van der Waals surface area (Å²) in [6.45, 7) is 7.04. The van der Waals surface area contributed by atoms with E-state index in [1.54, 1.807) is 13.0 Å². The number of esters is 1. The molecule has 1 atom stereocenters. The monoisotopic (exact) mass is 322 g/mol. The van der Waals surface area contributed by atoms with Gasteiger partial charge in [0.15, 0.2) is 30.1 Å². The van der Waals surface area contributed by atoms with Crippen LogP contribution < -0.4 is 4.74 Å². The first-order valence-corrected chi connectivity index (χ1v) is 7.18. The number of hydrogen-bond donors (Lipinski definition) is 0. The summed E-state index contributed by atoms with van der Waals surface area (Å²) in [5, 5.41) is 3.86. The minimum absolute atomic E-state index is 0.00934. The number of hydrogen-bond acceptors (Lipinski definition) is 6.